The zero-order valence-electron chi connectivity index (χ0n) is 13.8. The van der Waals surface area contributed by atoms with Crippen molar-refractivity contribution in [1.29, 1.82) is 0 Å². The average Bonchev–Trinajstić information content (AvgIpc) is 2.98. The van der Waals surface area contributed by atoms with E-state index in [9.17, 15) is 14.4 Å². The third-order valence-corrected chi connectivity index (χ3v) is 5.41. The lowest BCUT2D eigenvalue weighted by Gasteiger charge is -2.28. The van der Waals surface area contributed by atoms with Gasteiger partial charge in [-0.15, -0.1) is 0 Å². The monoisotopic (exact) mass is 321 g/mol. The van der Waals surface area contributed by atoms with Gasteiger partial charge in [0.1, 0.15) is 5.92 Å². The highest BCUT2D eigenvalue weighted by molar-refractivity contribution is 6.00. The summed E-state index contributed by atoms with van der Waals surface area (Å²) in [4.78, 5) is 40.8. The lowest BCUT2D eigenvalue weighted by Crippen LogP contribution is -2.47. The molecule has 6 heteroatoms. The quantitative estimate of drug-likeness (QED) is 0.764. The highest BCUT2D eigenvalue weighted by Crippen LogP contribution is 2.27. The van der Waals surface area contributed by atoms with E-state index < -0.39 is 5.92 Å². The second-order valence-corrected chi connectivity index (χ2v) is 6.97. The first kappa shape index (κ1) is 16.3. The van der Waals surface area contributed by atoms with Crippen LogP contribution in [0.15, 0.2) is 0 Å². The molecule has 2 heterocycles. The SMILES string of the molecule is O=C1NCCCC1C(=O)N1CCCN(C(=O)C2CCCC2)CC1. The van der Waals surface area contributed by atoms with Crippen LogP contribution >= 0.6 is 0 Å². The molecule has 0 spiro atoms. The van der Waals surface area contributed by atoms with E-state index in [1.165, 1.54) is 0 Å². The van der Waals surface area contributed by atoms with Crippen LogP contribution in [0.3, 0.4) is 0 Å². The molecule has 1 atom stereocenters. The first-order valence-corrected chi connectivity index (χ1v) is 9.02. The molecule has 0 aromatic heterocycles. The molecule has 0 bridgehead atoms. The third kappa shape index (κ3) is 3.67. The second kappa shape index (κ2) is 7.32. The highest BCUT2D eigenvalue weighted by atomic mass is 16.2. The molecule has 128 valence electrons. The number of carbonyl (C=O) groups excluding carboxylic acids is 3. The van der Waals surface area contributed by atoms with Gasteiger partial charge >= 0.3 is 0 Å². The maximum absolute atomic E-state index is 12.6. The molecular weight excluding hydrogens is 294 g/mol. The molecule has 6 nitrogen and oxygen atoms in total. The average molecular weight is 321 g/mol. The maximum atomic E-state index is 12.6. The molecule has 2 aliphatic heterocycles. The lowest BCUT2D eigenvalue weighted by molar-refractivity contribution is -0.144. The molecule has 3 fully saturated rings. The molecule has 2 saturated heterocycles. The van der Waals surface area contributed by atoms with Crippen LogP contribution in [0.5, 0.6) is 0 Å². The zero-order valence-corrected chi connectivity index (χ0v) is 13.8. The Hall–Kier alpha value is -1.59. The van der Waals surface area contributed by atoms with Crippen molar-refractivity contribution >= 4 is 17.7 Å². The largest absolute Gasteiger partial charge is 0.355 e. The fourth-order valence-corrected chi connectivity index (χ4v) is 4.02. The minimum Gasteiger partial charge on any atom is -0.355 e. The van der Waals surface area contributed by atoms with E-state index in [2.05, 4.69) is 5.32 Å². The topological polar surface area (TPSA) is 69.7 Å². The fraction of sp³-hybridized carbons (Fsp3) is 0.824. The number of hydrogen-bond acceptors (Lipinski definition) is 3. The molecule has 3 aliphatic rings. The number of amides is 3. The Bertz CT molecular complexity index is 474. The van der Waals surface area contributed by atoms with Gasteiger partial charge in [-0.3, -0.25) is 14.4 Å². The molecule has 3 amide bonds. The van der Waals surface area contributed by atoms with Crippen LogP contribution < -0.4 is 5.32 Å². The molecule has 23 heavy (non-hydrogen) atoms. The first-order valence-electron chi connectivity index (χ1n) is 9.02. The van der Waals surface area contributed by atoms with E-state index >= 15 is 0 Å². The Morgan fingerprint density at radius 3 is 2.13 bits per heavy atom. The van der Waals surface area contributed by atoms with Crippen LogP contribution in [0.4, 0.5) is 0 Å². The summed E-state index contributed by atoms with van der Waals surface area (Å²) < 4.78 is 0. The van der Waals surface area contributed by atoms with Crippen molar-refractivity contribution in [2.75, 3.05) is 32.7 Å². The normalized spacial score (nSPS) is 26.8. The van der Waals surface area contributed by atoms with Crippen molar-refractivity contribution in [3.63, 3.8) is 0 Å². The summed E-state index contributed by atoms with van der Waals surface area (Å²) in [5.74, 6) is -0.254. The van der Waals surface area contributed by atoms with Gasteiger partial charge in [0.25, 0.3) is 0 Å². The lowest BCUT2D eigenvalue weighted by atomic mass is 9.97. The Labute approximate surface area is 137 Å². The Balaban J connectivity index is 1.56. The van der Waals surface area contributed by atoms with Crippen LogP contribution in [-0.4, -0.2) is 60.2 Å². The van der Waals surface area contributed by atoms with E-state index in [1.807, 2.05) is 4.90 Å². The Morgan fingerprint density at radius 1 is 0.826 bits per heavy atom. The summed E-state index contributed by atoms with van der Waals surface area (Å²) >= 11 is 0. The minimum atomic E-state index is -0.527. The number of hydrogen-bond donors (Lipinski definition) is 1. The second-order valence-electron chi connectivity index (χ2n) is 6.97. The van der Waals surface area contributed by atoms with Crippen molar-refractivity contribution in [3.05, 3.63) is 0 Å². The molecule has 1 unspecified atom stereocenters. The van der Waals surface area contributed by atoms with E-state index in [1.54, 1.807) is 4.90 Å². The number of carbonyl (C=O) groups is 3. The van der Waals surface area contributed by atoms with Crippen LogP contribution in [0.2, 0.25) is 0 Å². The highest BCUT2D eigenvalue weighted by Gasteiger charge is 2.34. The predicted octanol–water partition coefficient (Wildman–Crippen LogP) is 0.764. The molecular formula is C17H27N3O3. The summed E-state index contributed by atoms with van der Waals surface area (Å²) in [6.45, 7) is 3.22. The molecule has 1 N–H and O–H groups in total. The van der Waals surface area contributed by atoms with Gasteiger partial charge < -0.3 is 15.1 Å². The van der Waals surface area contributed by atoms with Crippen molar-refractivity contribution in [1.82, 2.24) is 15.1 Å². The molecule has 1 saturated carbocycles. The summed E-state index contributed by atoms with van der Waals surface area (Å²) in [5.41, 5.74) is 0. The van der Waals surface area contributed by atoms with Gasteiger partial charge in [-0.1, -0.05) is 12.8 Å². The van der Waals surface area contributed by atoms with Crippen molar-refractivity contribution in [3.8, 4) is 0 Å². The van der Waals surface area contributed by atoms with E-state index in [0.29, 0.717) is 32.6 Å². The Kier molecular flexibility index (Phi) is 5.18. The summed E-state index contributed by atoms with van der Waals surface area (Å²) in [6.07, 6.45) is 6.66. The van der Waals surface area contributed by atoms with Gasteiger partial charge in [-0.05, 0) is 32.1 Å². The molecule has 0 aromatic carbocycles. The number of nitrogens with one attached hydrogen (secondary N) is 1. The van der Waals surface area contributed by atoms with Gasteiger partial charge in [0, 0.05) is 38.6 Å². The standard InChI is InChI=1S/C17H27N3O3/c21-15-14(7-3-8-18-15)17(23)20-10-4-9-19(11-12-20)16(22)13-5-1-2-6-13/h13-14H,1-12H2,(H,18,21). The Morgan fingerprint density at radius 2 is 1.48 bits per heavy atom. The maximum Gasteiger partial charge on any atom is 0.235 e. The smallest absolute Gasteiger partial charge is 0.235 e. The van der Waals surface area contributed by atoms with E-state index in [0.717, 1.165) is 45.1 Å². The van der Waals surface area contributed by atoms with Crippen LogP contribution in [0.25, 0.3) is 0 Å². The van der Waals surface area contributed by atoms with Crippen molar-refractivity contribution in [2.24, 2.45) is 11.8 Å². The zero-order chi connectivity index (χ0) is 16.2. The number of rotatable bonds is 2. The van der Waals surface area contributed by atoms with Crippen LogP contribution in [-0.2, 0) is 14.4 Å². The van der Waals surface area contributed by atoms with Gasteiger partial charge in [-0.25, -0.2) is 0 Å². The summed E-state index contributed by atoms with van der Waals surface area (Å²) in [7, 11) is 0. The minimum absolute atomic E-state index is 0.0580. The third-order valence-electron chi connectivity index (χ3n) is 5.41. The fourth-order valence-electron chi connectivity index (χ4n) is 4.02. The van der Waals surface area contributed by atoms with Crippen LogP contribution in [0, 0.1) is 11.8 Å². The molecule has 0 radical (unpaired) electrons. The first-order chi connectivity index (χ1) is 11.2. The van der Waals surface area contributed by atoms with E-state index in [-0.39, 0.29) is 23.6 Å². The summed E-state index contributed by atoms with van der Waals surface area (Å²) in [6, 6.07) is 0. The predicted molar refractivity (Wildman–Crippen MR) is 85.5 cm³/mol. The van der Waals surface area contributed by atoms with Gasteiger partial charge in [-0.2, -0.15) is 0 Å². The molecule has 3 rings (SSSR count). The van der Waals surface area contributed by atoms with Crippen molar-refractivity contribution in [2.45, 2.75) is 44.9 Å². The van der Waals surface area contributed by atoms with Gasteiger partial charge in [0.15, 0.2) is 0 Å². The van der Waals surface area contributed by atoms with E-state index in [4.69, 9.17) is 0 Å². The number of nitrogens with zero attached hydrogens (tertiary/aromatic N) is 2. The summed E-state index contributed by atoms with van der Waals surface area (Å²) in [5, 5.41) is 2.78. The molecule has 0 aromatic rings. The van der Waals surface area contributed by atoms with Gasteiger partial charge in [0.05, 0.1) is 0 Å². The van der Waals surface area contributed by atoms with Gasteiger partial charge in [0.2, 0.25) is 17.7 Å². The van der Waals surface area contributed by atoms with Crippen molar-refractivity contribution < 1.29 is 14.4 Å². The number of piperidine rings is 1. The molecule has 1 aliphatic carbocycles. The van der Waals surface area contributed by atoms with Crippen LogP contribution in [0.1, 0.15) is 44.9 Å².